The minimum Gasteiger partial charge on any atom is -0.293 e. The van der Waals surface area contributed by atoms with Gasteiger partial charge in [-0.05, 0) is 0 Å². The van der Waals surface area contributed by atoms with E-state index in [9.17, 15) is 18.8 Å². The second-order valence-electron chi connectivity index (χ2n) is 2.21. The topological polar surface area (TPSA) is 71.9 Å². The Kier molecular flexibility index (Phi) is 2.56. The average Bonchev–Trinajstić information content (AvgIpc) is 2.09. The summed E-state index contributed by atoms with van der Waals surface area (Å²) in [6.45, 7) is -0.115. The Hall–Kier alpha value is -1.94. The standard InChI is InChI=1S/C7H5FN2O3/c8-5-4-10(2-1-3-11)7(13)9-6(5)12/h1,4H,2H2,(H,9,12,13). The molecular formula is C7H5FN2O3. The number of hydrogen-bond donors (Lipinski definition) is 1. The van der Waals surface area contributed by atoms with Crippen LogP contribution in [0.2, 0.25) is 0 Å². The number of aromatic amines is 1. The fourth-order valence-electron chi connectivity index (χ4n) is 0.754. The fraction of sp³-hybridized carbons (Fsp3) is 0.143. The van der Waals surface area contributed by atoms with Gasteiger partial charge in [0.05, 0.1) is 12.7 Å². The van der Waals surface area contributed by atoms with E-state index in [-0.39, 0.29) is 6.54 Å². The molecule has 0 atom stereocenters. The summed E-state index contributed by atoms with van der Waals surface area (Å²) < 4.78 is 13.4. The normalized spacial score (nSPS) is 9.31. The molecule has 0 aliphatic rings. The van der Waals surface area contributed by atoms with Crippen molar-refractivity contribution in [2.75, 3.05) is 0 Å². The van der Waals surface area contributed by atoms with Crippen LogP contribution in [0, 0.1) is 5.82 Å². The number of rotatable bonds is 2. The van der Waals surface area contributed by atoms with Gasteiger partial charge in [-0.3, -0.25) is 14.3 Å². The van der Waals surface area contributed by atoms with E-state index < -0.39 is 17.1 Å². The summed E-state index contributed by atoms with van der Waals surface area (Å²) in [7, 11) is 0. The van der Waals surface area contributed by atoms with E-state index in [4.69, 9.17) is 0 Å². The molecule has 0 unspecified atom stereocenters. The molecule has 0 aromatic carbocycles. The van der Waals surface area contributed by atoms with Crippen molar-refractivity contribution < 1.29 is 9.18 Å². The van der Waals surface area contributed by atoms with Crippen molar-refractivity contribution in [2.24, 2.45) is 0 Å². The maximum atomic E-state index is 12.6. The van der Waals surface area contributed by atoms with E-state index in [1.165, 1.54) is 5.94 Å². The van der Waals surface area contributed by atoms with E-state index in [0.717, 1.165) is 16.8 Å². The van der Waals surface area contributed by atoms with Gasteiger partial charge in [0.1, 0.15) is 5.94 Å². The molecular weight excluding hydrogens is 179 g/mol. The number of hydrogen-bond acceptors (Lipinski definition) is 3. The first-order valence-corrected chi connectivity index (χ1v) is 3.33. The Morgan fingerprint density at radius 3 is 2.92 bits per heavy atom. The van der Waals surface area contributed by atoms with Crippen LogP contribution in [-0.2, 0) is 11.3 Å². The molecule has 1 aromatic rings. The molecule has 13 heavy (non-hydrogen) atoms. The van der Waals surface area contributed by atoms with Gasteiger partial charge in [0, 0.05) is 6.08 Å². The van der Waals surface area contributed by atoms with E-state index in [1.54, 1.807) is 4.98 Å². The van der Waals surface area contributed by atoms with Crippen molar-refractivity contribution in [3.8, 4) is 0 Å². The molecule has 68 valence electrons. The number of carbonyl (C=O) groups excluding carboxylic acids is 1. The van der Waals surface area contributed by atoms with Crippen LogP contribution in [0.4, 0.5) is 4.39 Å². The van der Waals surface area contributed by atoms with E-state index in [0.29, 0.717) is 0 Å². The van der Waals surface area contributed by atoms with E-state index in [1.807, 2.05) is 0 Å². The number of nitrogens with zero attached hydrogens (tertiary/aromatic N) is 1. The molecule has 0 amide bonds. The predicted octanol–water partition coefficient (Wildman–Crippen LogP) is -0.937. The van der Waals surface area contributed by atoms with Gasteiger partial charge in [-0.15, -0.1) is 0 Å². The van der Waals surface area contributed by atoms with Crippen LogP contribution in [0.5, 0.6) is 0 Å². The quantitative estimate of drug-likeness (QED) is 0.603. The van der Waals surface area contributed by atoms with Gasteiger partial charge in [0.2, 0.25) is 5.82 Å². The van der Waals surface area contributed by atoms with Crippen LogP contribution >= 0.6 is 0 Å². The summed E-state index contributed by atoms with van der Waals surface area (Å²) in [5.41, 5.74) is -1.84. The Morgan fingerprint density at radius 2 is 2.31 bits per heavy atom. The number of aromatic nitrogens is 2. The molecule has 0 saturated heterocycles. The minimum atomic E-state index is -1.07. The first kappa shape index (κ1) is 9.15. The Balaban J connectivity index is 3.23. The first-order chi connectivity index (χ1) is 6.15. The number of H-pyrrole nitrogens is 1. The third kappa shape index (κ3) is 2.00. The predicted molar refractivity (Wildman–Crippen MR) is 41.5 cm³/mol. The zero-order valence-corrected chi connectivity index (χ0v) is 6.41. The van der Waals surface area contributed by atoms with Crippen molar-refractivity contribution in [2.45, 2.75) is 6.54 Å². The summed E-state index contributed by atoms with van der Waals surface area (Å²) >= 11 is 0. The van der Waals surface area contributed by atoms with Crippen LogP contribution in [0.1, 0.15) is 0 Å². The maximum absolute atomic E-state index is 12.6. The summed E-state index contributed by atoms with van der Waals surface area (Å²) in [4.78, 5) is 32.9. The molecule has 0 radical (unpaired) electrons. The molecule has 1 N–H and O–H groups in total. The monoisotopic (exact) mass is 184 g/mol. The lowest BCUT2D eigenvalue weighted by atomic mass is 10.5. The van der Waals surface area contributed by atoms with Gasteiger partial charge in [0.15, 0.2) is 0 Å². The van der Waals surface area contributed by atoms with Gasteiger partial charge in [-0.25, -0.2) is 9.59 Å². The number of nitrogens with one attached hydrogen (secondary N) is 1. The third-order valence-electron chi connectivity index (χ3n) is 1.34. The van der Waals surface area contributed by atoms with Crippen LogP contribution in [0.15, 0.2) is 21.9 Å². The van der Waals surface area contributed by atoms with Gasteiger partial charge in [-0.1, -0.05) is 0 Å². The largest absolute Gasteiger partial charge is 0.328 e. The van der Waals surface area contributed by atoms with E-state index in [2.05, 4.69) is 0 Å². The number of allylic oxidation sites excluding steroid dienone is 1. The highest BCUT2D eigenvalue weighted by molar-refractivity contribution is 5.44. The Labute approximate surface area is 71.1 Å². The Bertz CT molecular complexity index is 467. The first-order valence-electron chi connectivity index (χ1n) is 3.33. The SMILES string of the molecule is O=C=CCn1cc(F)c(=O)[nH]c1=O. The van der Waals surface area contributed by atoms with Crippen molar-refractivity contribution >= 4 is 5.94 Å². The second-order valence-corrected chi connectivity index (χ2v) is 2.21. The molecule has 0 fully saturated rings. The lowest BCUT2D eigenvalue weighted by Crippen LogP contribution is -2.31. The highest BCUT2D eigenvalue weighted by Gasteiger charge is 2.01. The molecule has 0 saturated carbocycles. The lowest BCUT2D eigenvalue weighted by Gasteiger charge is -1.97. The summed E-state index contributed by atoms with van der Waals surface area (Å²) in [5, 5.41) is 0. The molecule has 1 rings (SSSR count). The third-order valence-corrected chi connectivity index (χ3v) is 1.34. The smallest absolute Gasteiger partial charge is 0.293 e. The summed E-state index contributed by atoms with van der Waals surface area (Å²) in [6, 6.07) is 0. The highest BCUT2D eigenvalue weighted by Crippen LogP contribution is 1.83. The van der Waals surface area contributed by atoms with Crippen LogP contribution in [0.25, 0.3) is 0 Å². The summed E-state index contributed by atoms with van der Waals surface area (Å²) in [5.74, 6) is 0.358. The molecule has 0 bridgehead atoms. The molecule has 5 nitrogen and oxygen atoms in total. The average molecular weight is 184 g/mol. The van der Waals surface area contributed by atoms with Gasteiger partial charge < -0.3 is 0 Å². The van der Waals surface area contributed by atoms with Crippen molar-refractivity contribution in [3.05, 3.63) is 38.9 Å². The van der Waals surface area contributed by atoms with E-state index >= 15 is 0 Å². The molecule has 0 aliphatic carbocycles. The Morgan fingerprint density at radius 1 is 1.62 bits per heavy atom. The molecule has 1 heterocycles. The lowest BCUT2D eigenvalue weighted by molar-refractivity contribution is 0.560. The molecule has 1 aromatic heterocycles. The van der Waals surface area contributed by atoms with Crippen LogP contribution in [-0.4, -0.2) is 15.5 Å². The fourth-order valence-corrected chi connectivity index (χ4v) is 0.754. The van der Waals surface area contributed by atoms with Gasteiger partial charge in [0.25, 0.3) is 5.56 Å². The van der Waals surface area contributed by atoms with Crippen molar-refractivity contribution in [1.29, 1.82) is 0 Å². The zero-order valence-electron chi connectivity index (χ0n) is 6.41. The zero-order chi connectivity index (χ0) is 9.84. The molecule has 0 spiro atoms. The molecule has 6 heteroatoms. The summed E-state index contributed by atoms with van der Waals surface area (Å²) in [6.07, 6.45) is 1.73. The van der Waals surface area contributed by atoms with Crippen molar-refractivity contribution in [3.63, 3.8) is 0 Å². The number of halogens is 1. The van der Waals surface area contributed by atoms with Crippen LogP contribution in [0.3, 0.4) is 0 Å². The maximum Gasteiger partial charge on any atom is 0.328 e. The van der Waals surface area contributed by atoms with Crippen LogP contribution < -0.4 is 11.2 Å². The van der Waals surface area contributed by atoms with Gasteiger partial charge in [-0.2, -0.15) is 4.39 Å². The second kappa shape index (κ2) is 3.64. The van der Waals surface area contributed by atoms with Gasteiger partial charge >= 0.3 is 5.69 Å². The highest BCUT2D eigenvalue weighted by atomic mass is 19.1. The molecule has 0 aliphatic heterocycles. The van der Waals surface area contributed by atoms with Crippen molar-refractivity contribution in [1.82, 2.24) is 9.55 Å². The minimum absolute atomic E-state index is 0.115.